The standard InChI is InChI=1S/C42H26B2N2/c1-3-14-27(15-4-1)43-32-21-9-12-25-37(32)45-36-24-11-8-19-31(36)39-40-38(26-34(43)42(39)45)46-35-23-10-7-18-29(35)30-20-13-22-33(41(30)46)44(40)28-16-5-2-6-17-28/h1-26H. The smallest absolute Gasteiger partial charge is 0.247 e. The second-order valence-electron chi connectivity index (χ2n) is 12.8. The second-order valence-corrected chi connectivity index (χ2v) is 12.8. The number of rotatable bonds is 2. The minimum atomic E-state index is 0.0948. The van der Waals surface area contributed by atoms with E-state index in [-0.39, 0.29) is 13.4 Å². The van der Waals surface area contributed by atoms with Gasteiger partial charge in [-0.05, 0) is 46.1 Å². The van der Waals surface area contributed by atoms with Crippen molar-refractivity contribution in [2.24, 2.45) is 0 Å². The van der Waals surface area contributed by atoms with Gasteiger partial charge in [-0.15, -0.1) is 0 Å². The van der Waals surface area contributed by atoms with Crippen LogP contribution < -0.4 is 32.8 Å². The Hall–Kier alpha value is -5.73. The first kappa shape index (κ1) is 24.6. The van der Waals surface area contributed by atoms with E-state index in [1.807, 2.05) is 0 Å². The molecule has 2 aromatic heterocycles. The molecule has 0 amide bonds. The summed E-state index contributed by atoms with van der Waals surface area (Å²) in [7, 11) is 0. The molecule has 2 aliphatic heterocycles. The Morgan fingerprint density at radius 2 is 0.935 bits per heavy atom. The molecule has 7 aromatic carbocycles. The molecule has 46 heavy (non-hydrogen) atoms. The first-order valence-electron chi connectivity index (χ1n) is 16.2. The third-order valence-corrected chi connectivity index (χ3v) is 10.6. The first-order valence-corrected chi connectivity index (χ1v) is 16.2. The quantitative estimate of drug-likeness (QED) is 0.238. The van der Waals surface area contributed by atoms with Gasteiger partial charge in [0.2, 0.25) is 13.4 Å². The third kappa shape index (κ3) is 2.99. The highest BCUT2D eigenvalue weighted by Gasteiger charge is 2.40. The zero-order chi connectivity index (χ0) is 29.9. The summed E-state index contributed by atoms with van der Waals surface area (Å²) in [6.45, 7) is 0.212. The molecule has 2 nitrogen and oxygen atoms in total. The van der Waals surface area contributed by atoms with Crippen molar-refractivity contribution in [1.82, 2.24) is 9.13 Å². The van der Waals surface area contributed by atoms with E-state index in [9.17, 15) is 0 Å². The lowest BCUT2D eigenvalue weighted by Crippen LogP contribution is -2.59. The van der Waals surface area contributed by atoms with Crippen LogP contribution in [0.4, 0.5) is 0 Å². The number of benzene rings is 7. The molecule has 0 unspecified atom stereocenters. The van der Waals surface area contributed by atoms with Crippen molar-refractivity contribution in [3.63, 3.8) is 0 Å². The highest BCUT2D eigenvalue weighted by atomic mass is 15.0. The zero-order valence-electron chi connectivity index (χ0n) is 25.1. The number of hydrogen-bond acceptors (Lipinski definition) is 0. The van der Waals surface area contributed by atoms with Crippen molar-refractivity contribution >= 4 is 89.8 Å². The van der Waals surface area contributed by atoms with Crippen LogP contribution >= 0.6 is 0 Å². The summed E-state index contributed by atoms with van der Waals surface area (Å²) in [4.78, 5) is 0. The Morgan fingerprint density at radius 1 is 0.370 bits per heavy atom. The van der Waals surface area contributed by atoms with Crippen LogP contribution in [-0.4, -0.2) is 22.6 Å². The molecule has 0 atom stereocenters. The molecule has 0 saturated heterocycles. The first-order chi connectivity index (χ1) is 22.9. The van der Waals surface area contributed by atoms with Gasteiger partial charge in [0.15, 0.2) is 0 Å². The Kier molecular flexibility index (Phi) is 4.77. The molecule has 0 aliphatic carbocycles. The molecule has 0 saturated carbocycles. The van der Waals surface area contributed by atoms with E-state index in [4.69, 9.17) is 0 Å². The van der Waals surface area contributed by atoms with Crippen LogP contribution in [0.5, 0.6) is 0 Å². The average Bonchev–Trinajstić information content (AvgIpc) is 3.65. The fourth-order valence-corrected chi connectivity index (χ4v) is 8.94. The molecule has 4 heteroatoms. The fourth-order valence-electron chi connectivity index (χ4n) is 8.94. The van der Waals surface area contributed by atoms with E-state index in [0.717, 1.165) is 0 Å². The molecule has 0 radical (unpaired) electrons. The molecule has 0 spiro atoms. The van der Waals surface area contributed by atoms with Crippen LogP contribution in [0.25, 0.3) is 55.0 Å². The highest BCUT2D eigenvalue weighted by Crippen LogP contribution is 2.38. The van der Waals surface area contributed by atoms with Crippen molar-refractivity contribution in [1.29, 1.82) is 0 Å². The lowest BCUT2D eigenvalue weighted by atomic mass is 9.32. The van der Waals surface area contributed by atoms with E-state index in [1.165, 1.54) is 87.8 Å². The number of para-hydroxylation sites is 4. The molecular weight excluding hydrogens is 554 g/mol. The van der Waals surface area contributed by atoms with Crippen molar-refractivity contribution in [2.75, 3.05) is 0 Å². The van der Waals surface area contributed by atoms with Crippen LogP contribution in [0, 0.1) is 0 Å². The van der Waals surface area contributed by atoms with E-state index in [1.54, 1.807) is 0 Å². The van der Waals surface area contributed by atoms with Crippen molar-refractivity contribution in [3.05, 3.63) is 158 Å². The van der Waals surface area contributed by atoms with Crippen molar-refractivity contribution < 1.29 is 0 Å². The maximum atomic E-state index is 2.58. The van der Waals surface area contributed by atoms with Gasteiger partial charge in [0, 0.05) is 44.0 Å². The van der Waals surface area contributed by atoms with Gasteiger partial charge >= 0.3 is 0 Å². The molecule has 210 valence electrons. The van der Waals surface area contributed by atoms with Crippen LogP contribution in [-0.2, 0) is 0 Å². The summed E-state index contributed by atoms with van der Waals surface area (Å²) < 4.78 is 5.14. The van der Waals surface area contributed by atoms with Gasteiger partial charge in [-0.2, -0.15) is 0 Å². The number of aromatic nitrogens is 2. The number of fused-ring (bicyclic) bond motifs is 11. The SMILES string of the molecule is c1ccc(B2c3c(cc4c5c3c3ccccc3n5-c3ccccc3B4c3ccccc3)-n3c4ccccc4c4cccc2c43)cc1. The predicted molar refractivity (Wildman–Crippen MR) is 197 cm³/mol. The molecule has 2 aliphatic rings. The monoisotopic (exact) mass is 580 g/mol. The van der Waals surface area contributed by atoms with Crippen molar-refractivity contribution in [3.8, 4) is 11.4 Å². The molecule has 0 bridgehead atoms. The Labute approximate surface area is 267 Å². The third-order valence-electron chi connectivity index (χ3n) is 10.6. The molecular formula is C42H26B2N2. The van der Waals surface area contributed by atoms with Gasteiger partial charge in [-0.25, -0.2) is 0 Å². The van der Waals surface area contributed by atoms with Crippen LogP contribution in [0.2, 0.25) is 0 Å². The Bertz CT molecular complexity index is 2700. The molecule has 0 N–H and O–H groups in total. The summed E-state index contributed by atoms with van der Waals surface area (Å²) in [6.07, 6.45) is 0. The molecule has 0 fully saturated rings. The van der Waals surface area contributed by atoms with Gasteiger partial charge in [-0.1, -0.05) is 144 Å². The number of nitrogens with zero attached hydrogens (tertiary/aromatic N) is 2. The maximum absolute atomic E-state index is 2.58. The topological polar surface area (TPSA) is 9.86 Å². The second kappa shape index (κ2) is 8.93. The molecule has 11 rings (SSSR count). The Balaban J connectivity index is 1.42. The lowest BCUT2D eigenvalue weighted by molar-refractivity contribution is 1.18. The largest absolute Gasteiger partial charge is 0.310 e. The summed E-state index contributed by atoms with van der Waals surface area (Å²) in [5, 5.41) is 5.31. The van der Waals surface area contributed by atoms with Gasteiger partial charge in [0.1, 0.15) is 0 Å². The molecule has 4 heterocycles. The van der Waals surface area contributed by atoms with Gasteiger partial charge in [-0.3, -0.25) is 0 Å². The van der Waals surface area contributed by atoms with Gasteiger partial charge in [0.25, 0.3) is 0 Å². The van der Waals surface area contributed by atoms with Gasteiger partial charge in [0.05, 0.1) is 11.0 Å². The summed E-state index contributed by atoms with van der Waals surface area (Å²) in [6, 6.07) is 58.8. The minimum Gasteiger partial charge on any atom is -0.310 e. The molecule has 9 aromatic rings. The average molecular weight is 580 g/mol. The predicted octanol–water partition coefficient (Wildman–Crippen LogP) is 5.54. The van der Waals surface area contributed by atoms with Gasteiger partial charge < -0.3 is 9.13 Å². The summed E-state index contributed by atoms with van der Waals surface area (Å²) in [5.41, 5.74) is 15.9. The van der Waals surface area contributed by atoms with E-state index < -0.39 is 0 Å². The van der Waals surface area contributed by atoms with Crippen LogP contribution in [0.15, 0.2) is 158 Å². The van der Waals surface area contributed by atoms with E-state index in [0.29, 0.717) is 0 Å². The zero-order valence-corrected chi connectivity index (χ0v) is 25.1. The van der Waals surface area contributed by atoms with Crippen LogP contribution in [0.3, 0.4) is 0 Å². The van der Waals surface area contributed by atoms with E-state index >= 15 is 0 Å². The highest BCUT2D eigenvalue weighted by molar-refractivity contribution is 7.01. The van der Waals surface area contributed by atoms with Crippen LogP contribution in [0.1, 0.15) is 0 Å². The summed E-state index contributed by atoms with van der Waals surface area (Å²) in [5.74, 6) is 0. The minimum absolute atomic E-state index is 0.0948. The number of hydrogen-bond donors (Lipinski definition) is 0. The van der Waals surface area contributed by atoms with E-state index in [2.05, 4.69) is 167 Å². The maximum Gasteiger partial charge on any atom is 0.247 e. The fraction of sp³-hybridized carbons (Fsp3) is 0. The normalized spacial score (nSPS) is 13.1. The lowest BCUT2D eigenvalue weighted by Gasteiger charge is -2.32. The summed E-state index contributed by atoms with van der Waals surface area (Å²) >= 11 is 0. The van der Waals surface area contributed by atoms with Crippen molar-refractivity contribution in [2.45, 2.75) is 0 Å². The Morgan fingerprint density at radius 3 is 1.72 bits per heavy atom.